The van der Waals surface area contributed by atoms with Gasteiger partial charge in [-0.1, -0.05) is 24.3 Å². The van der Waals surface area contributed by atoms with Gasteiger partial charge in [0.15, 0.2) is 23.0 Å². The Morgan fingerprint density at radius 1 is 0.656 bits per heavy atom. The smallest absolute Gasteiger partial charge is 0.161 e. The van der Waals surface area contributed by atoms with Crippen LogP contribution in [0.1, 0.15) is 0 Å². The van der Waals surface area contributed by atoms with Crippen molar-refractivity contribution >= 4 is 0 Å². The molecule has 32 heavy (non-hydrogen) atoms. The van der Waals surface area contributed by atoms with Crippen LogP contribution >= 0.6 is 0 Å². The van der Waals surface area contributed by atoms with Gasteiger partial charge in [-0.25, -0.2) is 0 Å². The number of hydrogen-bond acceptors (Lipinski definition) is 8. The summed E-state index contributed by atoms with van der Waals surface area (Å²) in [6.07, 6.45) is -1.18. The summed E-state index contributed by atoms with van der Waals surface area (Å²) in [6.45, 7) is 4.80. The van der Waals surface area contributed by atoms with Gasteiger partial charge in [0.1, 0.15) is 25.4 Å². The standard InChI is InChI=1S/C24H34N2O6/c1-29-21-7-3-5-9-23(21)31-17-19(27)15-25-11-13-26(14-12-25)16-20(28)18-32-24-10-6-4-8-22(24)30-2/h3-10,19-20,27-28H,11-18H2,1-2H3/t19-,20-/m0/s1. The van der Waals surface area contributed by atoms with Gasteiger partial charge in [-0.3, -0.25) is 9.80 Å². The zero-order valence-corrected chi connectivity index (χ0v) is 18.9. The minimum atomic E-state index is -0.591. The van der Waals surface area contributed by atoms with Crippen molar-refractivity contribution in [3.8, 4) is 23.0 Å². The molecule has 0 bridgehead atoms. The second-order valence-corrected chi connectivity index (χ2v) is 7.83. The fourth-order valence-electron chi connectivity index (χ4n) is 3.70. The van der Waals surface area contributed by atoms with Crippen LogP contribution in [0.5, 0.6) is 23.0 Å². The van der Waals surface area contributed by atoms with Crippen molar-refractivity contribution in [3.63, 3.8) is 0 Å². The molecule has 2 aromatic rings. The van der Waals surface area contributed by atoms with Crippen molar-refractivity contribution in [1.82, 2.24) is 9.80 Å². The van der Waals surface area contributed by atoms with E-state index >= 15 is 0 Å². The van der Waals surface area contributed by atoms with Crippen molar-refractivity contribution in [3.05, 3.63) is 48.5 Å². The first-order chi connectivity index (χ1) is 15.6. The molecule has 2 aromatic carbocycles. The van der Waals surface area contributed by atoms with Gasteiger partial charge >= 0.3 is 0 Å². The molecule has 2 N–H and O–H groups in total. The number of piperazine rings is 1. The Morgan fingerprint density at radius 2 is 1.00 bits per heavy atom. The lowest BCUT2D eigenvalue weighted by Gasteiger charge is -2.36. The molecule has 0 spiro atoms. The molecule has 8 heteroatoms. The van der Waals surface area contributed by atoms with E-state index in [1.54, 1.807) is 14.2 Å². The molecule has 0 radical (unpaired) electrons. The third-order valence-electron chi connectivity index (χ3n) is 5.40. The molecule has 0 aromatic heterocycles. The quantitative estimate of drug-likeness (QED) is 0.508. The molecular weight excluding hydrogens is 412 g/mol. The highest BCUT2D eigenvalue weighted by Crippen LogP contribution is 2.26. The van der Waals surface area contributed by atoms with Gasteiger partial charge < -0.3 is 29.2 Å². The number of aliphatic hydroxyl groups excluding tert-OH is 2. The van der Waals surface area contributed by atoms with Gasteiger partial charge in [0.05, 0.1) is 14.2 Å². The maximum Gasteiger partial charge on any atom is 0.161 e. The van der Waals surface area contributed by atoms with Crippen molar-refractivity contribution in [2.75, 3.05) is 66.7 Å². The number of rotatable bonds is 12. The second kappa shape index (κ2) is 12.5. The summed E-state index contributed by atoms with van der Waals surface area (Å²) in [6, 6.07) is 14.8. The number of benzene rings is 2. The Morgan fingerprint density at radius 3 is 1.34 bits per heavy atom. The fraction of sp³-hybridized carbons (Fsp3) is 0.500. The molecule has 8 nitrogen and oxygen atoms in total. The average Bonchev–Trinajstić information content (AvgIpc) is 2.83. The van der Waals surface area contributed by atoms with Crippen LogP contribution < -0.4 is 18.9 Å². The van der Waals surface area contributed by atoms with Crippen LogP contribution in [0.25, 0.3) is 0 Å². The van der Waals surface area contributed by atoms with Gasteiger partial charge in [0.2, 0.25) is 0 Å². The summed E-state index contributed by atoms with van der Waals surface area (Å²) in [5, 5.41) is 20.7. The van der Waals surface area contributed by atoms with Crippen molar-refractivity contribution in [1.29, 1.82) is 0 Å². The first kappa shape index (κ1) is 24.1. The van der Waals surface area contributed by atoms with E-state index in [9.17, 15) is 10.2 Å². The van der Waals surface area contributed by atoms with Gasteiger partial charge in [-0.15, -0.1) is 0 Å². The minimum absolute atomic E-state index is 0.208. The molecule has 1 saturated heterocycles. The van der Waals surface area contributed by atoms with Gasteiger partial charge in [-0.2, -0.15) is 0 Å². The predicted octanol–water partition coefficient (Wildman–Crippen LogP) is 1.50. The third-order valence-corrected chi connectivity index (χ3v) is 5.40. The molecule has 1 heterocycles. The fourth-order valence-corrected chi connectivity index (χ4v) is 3.70. The van der Waals surface area contributed by atoms with E-state index in [0.29, 0.717) is 36.1 Å². The van der Waals surface area contributed by atoms with Crippen molar-refractivity contribution < 1.29 is 29.2 Å². The van der Waals surface area contributed by atoms with Crippen LogP contribution in [0.2, 0.25) is 0 Å². The van der Waals surface area contributed by atoms with Crippen LogP contribution in [0.3, 0.4) is 0 Å². The second-order valence-electron chi connectivity index (χ2n) is 7.83. The molecule has 2 atom stereocenters. The molecular formula is C24H34N2O6. The SMILES string of the molecule is COc1ccccc1OC[C@@H](O)CN1CCN(C[C@H](O)COc2ccccc2OC)CC1. The summed E-state index contributed by atoms with van der Waals surface area (Å²) in [4.78, 5) is 4.43. The van der Waals surface area contributed by atoms with Gasteiger partial charge in [0, 0.05) is 39.3 Å². The van der Waals surface area contributed by atoms with E-state index in [1.165, 1.54) is 0 Å². The Labute approximate surface area is 189 Å². The summed E-state index contributed by atoms with van der Waals surface area (Å²) in [7, 11) is 3.19. The van der Waals surface area contributed by atoms with E-state index in [2.05, 4.69) is 9.80 Å². The Kier molecular flexibility index (Phi) is 9.43. The number of hydrogen-bond donors (Lipinski definition) is 2. The normalized spacial score (nSPS) is 16.9. The lowest BCUT2D eigenvalue weighted by atomic mass is 10.2. The average molecular weight is 447 g/mol. The number of para-hydroxylation sites is 4. The van der Waals surface area contributed by atoms with Gasteiger partial charge in [0.25, 0.3) is 0 Å². The topological polar surface area (TPSA) is 83.9 Å². The lowest BCUT2D eigenvalue weighted by Crippen LogP contribution is -2.51. The first-order valence-electron chi connectivity index (χ1n) is 10.9. The maximum absolute atomic E-state index is 10.4. The van der Waals surface area contributed by atoms with E-state index in [1.807, 2.05) is 48.5 Å². The van der Waals surface area contributed by atoms with E-state index in [-0.39, 0.29) is 13.2 Å². The number of aliphatic hydroxyl groups is 2. The third kappa shape index (κ3) is 7.27. The summed E-state index contributed by atoms with van der Waals surface area (Å²) >= 11 is 0. The van der Waals surface area contributed by atoms with Crippen LogP contribution in [0.4, 0.5) is 0 Å². The Bertz CT molecular complexity index is 745. The van der Waals surface area contributed by atoms with E-state index in [4.69, 9.17) is 18.9 Å². The lowest BCUT2D eigenvalue weighted by molar-refractivity contribution is 0.0236. The first-order valence-corrected chi connectivity index (χ1v) is 10.9. The predicted molar refractivity (Wildman–Crippen MR) is 122 cm³/mol. The Balaban J connectivity index is 1.33. The molecule has 1 aliphatic rings. The highest BCUT2D eigenvalue weighted by molar-refractivity contribution is 5.40. The molecule has 0 aliphatic carbocycles. The van der Waals surface area contributed by atoms with Crippen molar-refractivity contribution in [2.45, 2.75) is 12.2 Å². The number of methoxy groups -OCH3 is 2. The largest absolute Gasteiger partial charge is 0.493 e. The summed E-state index contributed by atoms with van der Waals surface area (Å²) in [5.74, 6) is 2.56. The zero-order chi connectivity index (χ0) is 22.8. The molecule has 1 aliphatic heterocycles. The number of nitrogens with zero attached hydrogens (tertiary/aromatic N) is 2. The molecule has 0 amide bonds. The summed E-state index contributed by atoms with van der Waals surface area (Å²) in [5.41, 5.74) is 0. The molecule has 0 unspecified atom stereocenters. The number of ether oxygens (including phenoxy) is 4. The van der Waals surface area contributed by atoms with Crippen LogP contribution in [-0.2, 0) is 0 Å². The monoisotopic (exact) mass is 446 g/mol. The molecule has 3 rings (SSSR count). The highest BCUT2D eigenvalue weighted by atomic mass is 16.5. The minimum Gasteiger partial charge on any atom is -0.493 e. The van der Waals surface area contributed by atoms with Crippen LogP contribution in [0, 0.1) is 0 Å². The maximum atomic E-state index is 10.4. The Hall–Kier alpha value is -2.52. The summed E-state index contributed by atoms with van der Waals surface area (Å²) < 4.78 is 22.0. The van der Waals surface area contributed by atoms with E-state index in [0.717, 1.165) is 26.2 Å². The van der Waals surface area contributed by atoms with Crippen LogP contribution in [-0.4, -0.2) is 98.9 Å². The molecule has 0 saturated carbocycles. The van der Waals surface area contributed by atoms with Crippen LogP contribution in [0.15, 0.2) is 48.5 Å². The highest BCUT2D eigenvalue weighted by Gasteiger charge is 2.22. The van der Waals surface area contributed by atoms with Crippen molar-refractivity contribution in [2.24, 2.45) is 0 Å². The van der Waals surface area contributed by atoms with Gasteiger partial charge in [-0.05, 0) is 24.3 Å². The zero-order valence-electron chi connectivity index (χ0n) is 18.9. The van der Waals surface area contributed by atoms with E-state index < -0.39 is 12.2 Å². The molecule has 176 valence electrons. The molecule has 1 fully saturated rings. The number of β-amino-alcohol motifs (C(OH)–C–C–N with tert-alkyl or cyclic N) is 2.